The van der Waals surface area contributed by atoms with Gasteiger partial charge in [-0.1, -0.05) is 13.8 Å². The Morgan fingerprint density at radius 3 is 2.37 bits per heavy atom. The lowest BCUT2D eigenvalue weighted by molar-refractivity contribution is 0.0908. The summed E-state index contributed by atoms with van der Waals surface area (Å²) in [6.45, 7) is 5.33. The lowest BCUT2D eigenvalue weighted by atomic mass is 9.90. The van der Waals surface area contributed by atoms with Gasteiger partial charge in [-0.3, -0.25) is 10.0 Å². The van der Waals surface area contributed by atoms with Gasteiger partial charge in [0.2, 0.25) is 0 Å². The summed E-state index contributed by atoms with van der Waals surface area (Å²) in [5, 5.41) is 30.8. The van der Waals surface area contributed by atoms with Crippen LogP contribution in [0.5, 0.6) is 0 Å². The predicted molar refractivity (Wildman–Crippen MR) is 70.4 cm³/mol. The van der Waals surface area contributed by atoms with Gasteiger partial charge >= 0.3 is 0 Å². The molecule has 0 radical (unpaired) electrons. The highest BCUT2D eigenvalue weighted by Gasteiger charge is 2.30. The normalized spacial score (nSPS) is 13.5. The number of nitrogens with one attached hydrogen (secondary N) is 1. The summed E-state index contributed by atoms with van der Waals surface area (Å²) >= 11 is 0. The fourth-order valence-corrected chi connectivity index (χ4v) is 1.35. The minimum Gasteiger partial charge on any atom is -0.733 e. The Bertz CT molecular complexity index is 491. The maximum atomic E-state index is 12.0. The van der Waals surface area contributed by atoms with Crippen molar-refractivity contribution in [1.82, 2.24) is 5.32 Å². The van der Waals surface area contributed by atoms with Crippen molar-refractivity contribution in [2.75, 3.05) is 5.23 Å². The maximum Gasteiger partial charge on any atom is 0.252 e. The lowest BCUT2D eigenvalue weighted by Gasteiger charge is -2.27. The van der Waals surface area contributed by atoms with Gasteiger partial charge in [-0.25, -0.2) is 0 Å². The highest BCUT2D eigenvalue weighted by molar-refractivity contribution is 5.95. The number of carbonyl (C=O) groups excluding carboxylic acids is 1. The Hall–Kier alpha value is -2.10. The zero-order valence-corrected chi connectivity index (χ0v) is 11.0. The molecule has 1 aromatic carbocycles. The summed E-state index contributed by atoms with van der Waals surface area (Å²) in [6.07, 6.45) is 0. The average molecular weight is 262 g/mol. The molecule has 6 nitrogen and oxygen atoms in total. The van der Waals surface area contributed by atoms with Crippen molar-refractivity contribution in [3.05, 3.63) is 35.0 Å². The average Bonchev–Trinajstić information content (AvgIpc) is 2.38. The minimum absolute atomic E-state index is 0.0310. The highest BCUT2D eigenvalue weighted by Crippen LogP contribution is 2.17. The fourth-order valence-electron chi connectivity index (χ4n) is 1.35. The van der Waals surface area contributed by atoms with Crippen LogP contribution in [0.1, 0.15) is 31.1 Å². The lowest BCUT2D eigenvalue weighted by Crippen LogP contribution is -2.48. The van der Waals surface area contributed by atoms with Gasteiger partial charge in [0.1, 0.15) is 5.54 Å². The first kappa shape index (κ1) is 15.0. The Labute approximate surface area is 111 Å². The van der Waals surface area contributed by atoms with Gasteiger partial charge in [-0.2, -0.15) is 5.26 Å². The molecule has 0 aliphatic carbocycles. The molecule has 0 aliphatic heterocycles. The second-order valence-electron chi connectivity index (χ2n) is 4.74. The molecule has 0 heterocycles. The molecule has 0 aliphatic rings. The Morgan fingerprint density at radius 1 is 1.47 bits per heavy atom. The van der Waals surface area contributed by atoms with E-state index in [2.05, 4.69) is 11.4 Å². The zero-order chi connectivity index (χ0) is 14.6. The number of carbonyl (C=O) groups is 1. The monoisotopic (exact) mass is 262 g/mol. The third-order valence-corrected chi connectivity index (χ3v) is 3.11. The molecule has 102 valence electrons. The molecular formula is C13H16N3O3-. The number of rotatable bonds is 4. The van der Waals surface area contributed by atoms with Crippen LogP contribution in [0.2, 0.25) is 0 Å². The molecule has 6 heteroatoms. The molecule has 19 heavy (non-hydrogen) atoms. The van der Waals surface area contributed by atoms with Crippen LogP contribution in [-0.2, 0) is 0 Å². The van der Waals surface area contributed by atoms with E-state index in [1.807, 2.05) is 13.8 Å². The number of benzene rings is 1. The number of hydrogen-bond acceptors (Lipinski definition) is 5. The molecule has 1 aromatic rings. The van der Waals surface area contributed by atoms with E-state index >= 15 is 0 Å². The molecule has 0 bridgehead atoms. The van der Waals surface area contributed by atoms with Crippen molar-refractivity contribution >= 4 is 11.6 Å². The molecular weight excluding hydrogens is 246 g/mol. The molecule has 1 unspecified atom stereocenters. The predicted octanol–water partition coefficient (Wildman–Crippen LogP) is 2.05. The van der Waals surface area contributed by atoms with Gasteiger partial charge in [0.15, 0.2) is 0 Å². The largest absolute Gasteiger partial charge is 0.733 e. The van der Waals surface area contributed by atoms with Crippen molar-refractivity contribution in [2.24, 2.45) is 5.92 Å². The number of amides is 1. The summed E-state index contributed by atoms with van der Waals surface area (Å²) in [5.41, 5.74) is -0.617. The second kappa shape index (κ2) is 5.69. The van der Waals surface area contributed by atoms with Crippen molar-refractivity contribution in [2.45, 2.75) is 26.3 Å². The van der Waals surface area contributed by atoms with Gasteiger partial charge in [0, 0.05) is 5.56 Å². The SMILES string of the molecule is CC(C)C(C)(C#N)NC(=O)c1ccc(N([O-])O)cc1. The van der Waals surface area contributed by atoms with Gasteiger partial charge < -0.3 is 15.8 Å². The number of nitriles is 1. The van der Waals surface area contributed by atoms with Crippen LogP contribution in [0.25, 0.3) is 0 Å². The van der Waals surface area contributed by atoms with Gasteiger partial charge in [0.25, 0.3) is 5.91 Å². The van der Waals surface area contributed by atoms with E-state index in [1.165, 1.54) is 24.3 Å². The van der Waals surface area contributed by atoms with Gasteiger partial charge in [0.05, 0.1) is 11.8 Å². The zero-order valence-electron chi connectivity index (χ0n) is 11.0. The van der Waals surface area contributed by atoms with E-state index in [1.54, 1.807) is 6.92 Å². The van der Waals surface area contributed by atoms with Crippen LogP contribution in [-0.4, -0.2) is 16.7 Å². The first-order chi connectivity index (χ1) is 8.80. The maximum absolute atomic E-state index is 12.0. The Morgan fingerprint density at radius 2 is 2.00 bits per heavy atom. The van der Waals surface area contributed by atoms with Crippen molar-refractivity contribution in [1.29, 1.82) is 5.26 Å². The van der Waals surface area contributed by atoms with Crippen LogP contribution in [0.4, 0.5) is 5.69 Å². The van der Waals surface area contributed by atoms with E-state index in [0.29, 0.717) is 5.56 Å². The van der Waals surface area contributed by atoms with Crippen LogP contribution >= 0.6 is 0 Å². The van der Waals surface area contributed by atoms with E-state index < -0.39 is 11.4 Å². The van der Waals surface area contributed by atoms with Crippen molar-refractivity contribution < 1.29 is 10.0 Å². The standard InChI is InChI=1S/C13H16N3O3/c1-9(2)13(3,8-14)15-12(17)10-4-6-11(7-5-10)16(18)19/h4-7,9,18H,1-3H3,(H,15,17)/q-1. The van der Waals surface area contributed by atoms with Crippen molar-refractivity contribution in [3.63, 3.8) is 0 Å². The summed E-state index contributed by atoms with van der Waals surface area (Å²) in [7, 11) is 0. The first-order valence-electron chi connectivity index (χ1n) is 5.80. The van der Waals surface area contributed by atoms with Crippen LogP contribution in [0.3, 0.4) is 0 Å². The number of hydrogen-bond donors (Lipinski definition) is 2. The van der Waals surface area contributed by atoms with Crippen LogP contribution < -0.4 is 10.5 Å². The van der Waals surface area contributed by atoms with E-state index in [0.717, 1.165) is 0 Å². The summed E-state index contributed by atoms with van der Waals surface area (Å²) in [5.74, 6) is -0.449. The molecule has 0 fully saturated rings. The van der Waals surface area contributed by atoms with E-state index in [9.17, 15) is 10.0 Å². The Kier molecular flexibility index (Phi) is 4.48. The molecule has 0 saturated heterocycles. The molecule has 1 rings (SSSR count). The molecule has 1 atom stereocenters. The number of nitrogens with zero attached hydrogens (tertiary/aromatic N) is 2. The molecule has 0 spiro atoms. The highest BCUT2D eigenvalue weighted by atomic mass is 16.8. The number of anilines is 1. The quantitative estimate of drug-likeness (QED) is 0.809. The summed E-state index contributed by atoms with van der Waals surface area (Å²) in [4.78, 5) is 12.0. The smallest absolute Gasteiger partial charge is 0.252 e. The van der Waals surface area contributed by atoms with Gasteiger partial charge in [-0.05, 0) is 37.1 Å². The van der Waals surface area contributed by atoms with Gasteiger partial charge in [-0.15, -0.1) is 0 Å². The molecule has 0 saturated carbocycles. The summed E-state index contributed by atoms with van der Waals surface area (Å²) < 4.78 is 0. The van der Waals surface area contributed by atoms with Crippen LogP contribution in [0, 0.1) is 22.5 Å². The van der Waals surface area contributed by atoms with Crippen molar-refractivity contribution in [3.8, 4) is 6.07 Å². The second-order valence-corrected chi connectivity index (χ2v) is 4.74. The first-order valence-corrected chi connectivity index (χ1v) is 5.80. The Balaban J connectivity index is 2.87. The molecule has 1 amide bonds. The van der Waals surface area contributed by atoms with E-state index in [-0.39, 0.29) is 16.8 Å². The van der Waals surface area contributed by atoms with Crippen LogP contribution in [0.15, 0.2) is 24.3 Å². The topological polar surface area (TPSA) is 99.4 Å². The molecule has 0 aromatic heterocycles. The fraction of sp³-hybridized carbons (Fsp3) is 0.385. The molecule has 2 N–H and O–H groups in total. The van der Waals surface area contributed by atoms with E-state index in [4.69, 9.17) is 10.5 Å². The minimum atomic E-state index is -0.961. The summed E-state index contributed by atoms with van der Waals surface area (Å²) in [6, 6.07) is 7.53. The third kappa shape index (κ3) is 3.44. The third-order valence-electron chi connectivity index (χ3n) is 3.11.